The van der Waals surface area contributed by atoms with Crippen LogP contribution in [0.5, 0.6) is 0 Å². The number of carbonyl (C=O) groups excluding carboxylic acids is 1. The molecule has 1 saturated heterocycles. The summed E-state index contributed by atoms with van der Waals surface area (Å²) in [5.74, 6) is 0.000324. The molecule has 2 atom stereocenters. The summed E-state index contributed by atoms with van der Waals surface area (Å²) in [6.07, 6.45) is 1.30. The Labute approximate surface area is 65.4 Å². The second-order valence-electron chi connectivity index (χ2n) is 2.75. The first kappa shape index (κ1) is 8.02. The Kier molecular flexibility index (Phi) is 2.44. The number of nitriles is 1. The summed E-state index contributed by atoms with van der Waals surface area (Å²) in [5, 5.41) is 11.1. The van der Waals surface area contributed by atoms with Crippen LogP contribution in [-0.2, 0) is 4.79 Å². The number of nitrogens with one attached hydrogen (secondary N) is 1. The second kappa shape index (κ2) is 3.35. The van der Waals surface area contributed by atoms with Crippen LogP contribution in [0.4, 0.5) is 0 Å². The topological polar surface area (TPSA) is 78.9 Å². The van der Waals surface area contributed by atoms with Crippen molar-refractivity contribution in [1.29, 1.82) is 5.26 Å². The van der Waals surface area contributed by atoms with Crippen molar-refractivity contribution in [2.45, 2.75) is 18.9 Å². The first-order valence-corrected chi connectivity index (χ1v) is 3.67. The molecule has 0 aromatic heterocycles. The fraction of sp³-hybridized carbons (Fsp3) is 0.714. The van der Waals surface area contributed by atoms with Gasteiger partial charge in [0.2, 0.25) is 5.91 Å². The molecule has 4 nitrogen and oxygen atoms in total. The van der Waals surface area contributed by atoms with Gasteiger partial charge in [-0.25, -0.2) is 0 Å². The maximum atomic E-state index is 10.9. The molecule has 1 aliphatic heterocycles. The van der Waals surface area contributed by atoms with Crippen LogP contribution in [-0.4, -0.2) is 18.5 Å². The van der Waals surface area contributed by atoms with Crippen molar-refractivity contribution >= 4 is 5.91 Å². The van der Waals surface area contributed by atoms with Gasteiger partial charge in [-0.1, -0.05) is 0 Å². The fourth-order valence-electron chi connectivity index (χ4n) is 1.23. The van der Waals surface area contributed by atoms with Crippen molar-refractivity contribution in [3.05, 3.63) is 0 Å². The van der Waals surface area contributed by atoms with E-state index in [1.807, 2.05) is 6.07 Å². The average Bonchev–Trinajstić information content (AvgIpc) is 2.37. The molecule has 1 heterocycles. The minimum absolute atomic E-state index is 0.0374. The summed E-state index contributed by atoms with van der Waals surface area (Å²) >= 11 is 0. The predicted molar refractivity (Wildman–Crippen MR) is 39.3 cm³/mol. The van der Waals surface area contributed by atoms with Gasteiger partial charge in [-0.2, -0.15) is 5.26 Å². The van der Waals surface area contributed by atoms with Crippen molar-refractivity contribution in [2.24, 2.45) is 11.7 Å². The second-order valence-corrected chi connectivity index (χ2v) is 2.75. The van der Waals surface area contributed by atoms with Crippen molar-refractivity contribution in [2.75, 3.05) is 6.54 Å². The molecule has 1 rings (SSSR count). The highest BCUT2D eigenvalue weighted by Gasteiger charge is 2.25. The number of hydrogen-bond acceptors (Lipinski definition) is 3. The molecular weight excluding hydrogens is 142 g/mol. The van der Waals surface area contributed by atoms with Gasteiger partial charge in [-0.3, -0.25) is 4.79 Å². The molecule has 0 spiro atoms. The lowest BCUT2D eigenvalue weighted by Gasteiger charge is -2.06. The van der Waals surface area contributed by atoms with Crippen molar-refractivity contribution in [1.82, 2.24) is 5.32 Å². The van der Waals surface area contributed by atoms with Gasteiger partial charge >= 0.3 is 0 Å². The molecule has 0 bridgehead atoms. The highest BCUT2D eigenvalue weighted by atomic mass is 16.2. The Balaban J connectivity index is 2.38. The molecule has 1 aliphatic rings. The zero-order chi connectivity index (χ0) is 8.27. The van der Waals surface area contributed by atoms with E-state index in [9.17, 15) is 4.79 Å². The van der Waals surface area contributed by atoms with Crippen LogP contribution in [0.15, 0.2) is 0 Å². The van der Waals surface area contributed by atoms with Gasteiger partial charge in [0.1, 0.15) is 0 Å². The summed E-state index contributed by atoms with van der Waals surface area (Å²) in [6, 6.07) is 1.41. The summed E-state index contributed by atoms with van der Waals surface area (Å²) in [7, 11) is 0. The van der Waals surface area contributed by atoms with E-state index in [0.29, 0.717) is 6.42 Å². The molecule has 0 saturated carbocycles. The highest BCUT2D eigenvalue weighted by Crippen LogP contribution is 2.14. The van der Waals surface area contributed by atoms with Crippen molar-refractivity contribution in [3.8, 4) is 6.07 Å². The highest BCUT2D eigenvalue weighted by molar-refractivity contribution is 5.80. The maximum absolute atomic E-state index is 10.9. The smallest absolute Gasteiger partial charge is 0.223 e. The van der Waals surface area contributed by atoms with E-state index in [0.717, 1.165) is 13.0 Å². The summed E-state index contributed by atoms with van der Waals surface area (Å²) in [5.41, 5.74) is 5.37. The molecule has 3 N–H and O–H groups in total. The van der Waals surface area contributed by atoms with Gasteiger partial charge in [0.05, 0.1) is 12.1 Å². The average molecular weight is 153 g/mol. The molecule has 1 amide bonds. The maximum Gasteiger partial charge on any atom is 0.223 e. The Bertz CT molecular complexity index is 196. The molecule has 0 unspecified atom stereocenters. The SMILES string of the molecule is N#C[C@@H](N)C[C@H]1CCNC1=O. The number of amides is 1. The van der Waals surface area contributed by atoms with E-state index in [-0.39, 0.29) is 11.8 Å². The zero-order valence-corrected chi connectivity index (χ0v) is 6.21. The number of nitrogens with zero attached hydrogens (tertiary/aromatic N) is 1. The molecule has 60 valence electrons. The third-order valence-corrected chi connectivity index (χ3v) is 1.87. The van der Waals surface area contributed by atoms with E-state index in [4.69, 9.17) is 11.0 Å². The third kappa shape index (κ3) is 1.92. The summed E-state index contributed by atoms with van der Waals surface area (Å²) in [6.45, 7) is 0.724. The molecule has 0 radical (unpaired) electrons. The number of rotatable bonds is 2. The Morgan fingerprint density at radius 3 is 3.09 bits per heavy atom. The standard InChI is InChI=1S/C7H11N3O/c8-4-6(9)3-5-1-2-10-7(5)11/h5-6H,1-3,9H2,(H,10,11)/t5-,6+/m1/s1. The van der Waals surface area contributed by atoms with Crippen LogP contribution in [0.3, 0.4) is 0 Å². The zero-order valence-electron chi connectivity index (χ0n) is 6.21. The fourth-order valence-corrected chi connectivity index (χ4v) is 1.23. The van der Waals surface area contributed by atoms with Gasteiger partial charge < -0.3 is 11.1 Å². The quantitative estimate of drug-likeness (QED) is 0.554. The van der Waals surface area contributed by atoms with Crippen LogP contribution < -0.4 is 11.1 Å². The van der Waals surface area contributed by atoms with E-state index in [2.05, 4.69) is 5.32 Å². The third-order valence-electron chi connectivity index (χ3n) is 1.87. The monoisotopic (exact) mass is 153 g/mol. The van der Waals surface area contributed by atoms with Crippen molar-refractivity contribution in [3.63, 3.8) is 0 Å². The van der Waals surface area contributed by atoms with Crippen LogP contribution in [0, 0.1) is 17.2 Å². The Morgan fingerprint density at radius 2 is 2.64 bits per heavy atom. The molecule has 1 fully saturated rings. The molecular formula is C7H11N3O. The summed E-state index contributed by atoms with van der Waals surface area (Å²) < 4.78 is 0. The number of nitrogens with two attached hydrogens (primary N) is 1. The predicted octanol–water partition coefficient (Wildman–Crippen LogP) is -0.637. The van der Waals surface area contributed by atoms with E-state index in [1.165, 1.54) is 0 Å². The normalized spacial score (nSPS) is 25.8. The van der Waals surface area contributed by atoms with Crippen LogP contribution >= 0.6 is 0 Å². The minimum Gasteiger partial charge on any atom is -0.356 e. The molecule has 0 aliphatic carbocycles. The van der Waals surface area contributed by atoms with Gasteiger partial charge in [-0.15, -0.1) is 0 Å². The molecule has 0 aromatic rings. The first-order valence-electron chi connectivity index (χ1n) is 3.67. The van der Waals surface area contributed by atoms with Crippen LogP contribution in [0.2, 0.25) is 0 Å². The first-order chi connectivity index (χ1) is 5.24. The van der Waals surface area contributed by atoms with Crippen LogP contribution in [0.1, 0.15) is 12.8 Å². The largest absolute Gasteiger partial charge is 0.356 e. The van der Waals surface area contributed by atoms with E-state index >= 15 is 0 Å². The van der Waals surface area contributed by atoms with Gasteiger partial charge in [0.25, 0.3) is 0 Å². The van der Waals surface area contributed by atoms with Crippen LogP contribution in [0.25, 0.3) is 0 Å². The van der Waals surface area contributed by atoms with Gasteiger partial charge in [-0.05, 0) is 12.8 Å². The number of carbonyl (C=O) groups is 1. The van der Waals surface area contributed by atoms with Gasteiger partial charge in [0.15, 0.2) is 0 Å². The van der Waals surface area contributed by atoms with E-state index < -0.39 is 6.04 Å². The summed E-state index contributed by atoms with van der Waals surface area (Å²) in [4.78, 5) is 10.9. The lowest BCUT2D eigenvalue weighted by molar-refractivity contribution is -0.122. The van der Waals surface area contributed by atoms with Crippen molar-refractivity contribution < 1.29 is 4.79 Å². The minimum atomic E-state index is -0.496. The molecule has 0 aromatic carbocycles. The number of hydrogen-bond donors (Lipinski definition) is 2. The Hall–Kier alpha value is -1.08. The lowest BCUT2D eigenvalue weighted by atomic mass is 10.00. The Morgan fingerprint density at radius 1 is 1.91 bits per heavy atom. The van der Waals surface area contributed by atoms with Gasteiger partial charge in [0, 0.05) is 12.5 Å². The molecule has 4 heteroatoms. The van der Waals surface area contributed by atoms with E-state index in [1.54, 1.807) is 0 Å². The molecule has 11 heavy (non-hydrogen) atoms. The lowest BCUT2D eigenvalue weighted by Crippen LogP contribution is -2.26.